The van der Waals surface area contributed by atoms with Crippen molar-refractivity contribution in [1.82, 2.24) is 20.4 Å². The Bertz CT molecular complexity index is 310. The minimum absolute atomic E-state index is 0. The van der Waals surface area contributed by atoms with Crippen LogP contribution < -0.4 is 10.6 Å². The number of carbonyl (C=O) groups excluding carboxylic acids is 1. The number of amides is 1. The van der Waals surface area contributed by atoms with Crippen molar-refractivity contribution in [2.75, 3.05) is 33.4 Å². The number of hydrogen-bond acceptors (Lipinski definition) is 4. The van der Waals surface area contributed by atoms with Crippen LogP contribution in [0.4, 0.5) is 0 Å². The van der Waals surface area contributed by atoms with Crippen LogP contribution in [0.25, 0.3) is 0 Å². The van der Waals surface area contributed by atoms with E-state index in [4.69, 9.17) is 4.74 Å². The van der Waals surface area contributed by atoms with Crippen LogP contribution in [-0.4, -0.2) is 49.0 Å². The molecule has 0 spiro atoms. The molecule has 0 aliphatic heterocycles. The molecule has 0 fully saturated rings. The molecular formula is C11H22Cl2N4O2. The lowest BCUT2D eigenvalue weighted by Gasteiger charge is -2.06. The number of aromatic nitrogens is 2. The van der Waals surface area contributed by atoms with Gasteiger partial charge in [-0.15, -0.1) is 24.8 Å². The molecule has 0 atom stereocenters. The number of nitrogens with zero attached hydrogens (tertiary/aromatic N) is 2. The lowest BCUT2D eigenvalue weighted by atomic mass is 10.4. The highest BCUT2D eigenvalue weighted by Crippen LogP contribution is 1.88. The third-order valence-electron chi connectivity index (χ3n) is 2.23. The smallest absolute Gasteiger partial charge is 0.221 e. The van der Waals surface area contributed by atoms with E-state index < -0.39 is 0 Å². The van der Waals surface area contributed by atoms with Crippen molar-refractivity contribution in [1.29, 1.82) is 0 Å². The number of methoxy groups -OCH3 is 1. The zero-order valence-electron chi connectivity index (χ0n) is 11.0. The summed E-state index contributed by atoms with van der Waals surface area (Å²) < 4.78 is 6.64. The van der Waals surface area contributed by atoms with E-state index in [0.717, 1.165) is 13.1 Å². The average Bonchev–Trinajstić information content (AvgIpc) is 2.84. The Morgan fingerprint density at radius 2 is 2.11 bits per heavy atom. The van der Waals surface area contributed by atoms with Crippen molar-refractivity contribution < 1.29 is 9.53 Å². The summed E-state index contributed by atoms with van der Waals surface area (Å²) in [6.07, 6.45) is 4.01. The molecule has 0 saturated carbocycles. The van der Waals surface area contributed by atoms with Crippen molar-refractivity contribution in [3.8, 4) is 0 Å². The number of aryl methyl sites for hydroxylation is 1. The monoisotopic (exact) mass is 312 g/mol. The molecule has 0 aromatic carbocycles. The largest absolute Gasteiger partial charge is 0.383 e. The third-order valence-corrected chi connectivity index (χ3v) is 2.23. The Labute approximate surface area is 126 Å². The van der Waals surface area contributed by atoms with Gasteiger partial charge in [-0.3, -0.25) is 9.48 Å². The van der Waals surface area contributed by atoms with Gasteiger partial charge in [-0.2, -0.15) is 5.10 Å². The molecule has 0 saturated heterocycles. The number of halogens is 2. The van der Waals surface area contributed by atoms with E-state index >= 15 is 0 Å². The summed E-state index contributed by atoms with van der Waals surface area (Å²) in [6.45, 7) is 3.52. The predicted octanol–water partition coefficient (Wildman–Crippen LogP) is 0.469. The van der Waals surface area contributed by atoms with Gasteiger partial charge in [-0.05, 0) is 6.07 Å². The van der Waals surface area contributed by atoms with Gasteiger partial charge in [0, 0.05) is 52.1 Å². The van der Waals surface area contributed by atoms with Crippen molar-refractivity contribution in [3.05, 3.63) is 18.5 Å². The van der Waals surface area contributed by atoms with Crippen LogP contribution in [-0.2, 0) is 16.1 Å². The van der Waals surface area contributed by atoms with Gasteiger partial charge in [0.15, 0.2) is 0 Å². The van der Waals surface area contributed by atoms with Gasteiger partial charge >= 0.3 is 0 Å². The second kappa shape index (κ2) is 13.6. The van der Waals surface area contributed by atoms with E-state index in [2.05, 4.69) is 15.7 Å². The average molecular weight is 313 g/mol. The fourth-order valence-electron chi connectivity index (χ4n) is 1.33. The molecule has 1 rings (SSSR count). The summed E-state index contributed by atoms with van der Waals surface area (Å²) in [5.74, 6) is 0.0500. The molecule has 0 bridgehead atoms. The van der Waals surface area contributed by atoms with Gasteiger partial charge in [0.2, 0.25) is 5.91 Å². The first kappa shape index (κ1) is 20.5. The second-order valence-corrected chi connectivity index (χ2v) is 3.61. The summed E-state index contributed by atoms with van der Waals surface area (Å²) in [7, 11) is 1.67. The molecule has 112 valence electrons. The van der Waals surface area contributed by atoms with Crippen LogP contribution in [0.2, 0.25) is 0 Å². The van der Waals surface area contributed by atoms with E-state index in [-0.39, 0.29) is 30.7 Å². The Morgan fingerprint density at radius 1 is 1.32 bits per heavy atom. The van der Waals surface area contributed by atoms with Gasteiger partial charge in [0.05, 0.1) is 6.61 Å². The van der Waals surface area contributed by atoms with Crippen molar-refractivity contribution in [2.24, 2.45) is 0 Å². The molecule has 0 aliphatic rings. The van der Waals surface area contributed by atoms with Crippen LogP contribution >= 0.6 is 24.8 Å². The lowest BCUT2D eigenvalue weighted by molar-refractivity contribution is -0.121. The minimum atomic E-state index is 0. The lowest BCUT2D eigenvalue weighted by Crippen LogP contribution is -2.33. The maximum Gasteiger partial charge on any atom is 0.221 e. The van der Waals surface area contributed by atoms with E-state index in [1.54, 1.807) is 18.0 Å². The summed E-state index contributed by atoms with van der Waals surface area (Å²) in [5, 5.41) is 10.0. The SMILES string of the molecule is COCCNCCNC(=O)CCn1cccn1.Cl.Cl. The second-order valence-electron chi connectivity index (χ2n) is 3.61. The topological polar surface area (TPSA) is 68.2 Å². The third kappa shape index (κ3) is 10.8. The molecule has 0 aliphatic carbocycles. The molecule has 6 nitrogen and oxygen atoms in total. The maximum absolute atomic E-state index is 11.4. The van der Waals surface area contributed by atoms with E-state index in [1.165, 1.54) is 0 Å². The molecule has 1 heterocycles. The van der Waals surface area contributed by atoms with Crippen LogP contribution in [0.5, 0.6) is 0 Å². The van der Waals surface area contributed by atoms with Crippen molar-refractivity contribution in [3.63, 3.8) is 0 Å². The number of carbonyl (C=O) groups is 1. The Balaban J connectivity index is 0. The minimum Gasteiger partial charge on any atom is -0.383 e. The molecule has 0 unspecified atom stereocenters. The maximum atomic E-state index is 11.4. The van der Waals surface area contributed by atoms with Gasteiger partial charge in [-0.1, -0.05) is 0 Å². The quantitative estimate of drug-likeness (QED) is 0.650. The number of ether oxygens (including phenoxy) is 1. The zero-order valence-corrected chi connectivity index (χ0v) is 12.6. The standard InChI is InChI=1S/C11H20N4O2.2ClH/c1-17-10-7-12-5-6-13-11(16)3-9-15-8-2-4-14-15;;/h2,4,8,12H,3,5-7,9-10H2,1H3,(H,13,16);2*1H. The summed E-state index contributed by atoms with van der Waals surface area (Å²) >= 11 is 0. The van der Waals surface area contributed by atoms with Crippen LogP contribution in [0.3, 0.4) is 0 Å². The van der Waals surface area contributed by atoms with Crippen LogP contribution in [0.1, 0.15) is 6.42 Å². The normalized spacial score (nSPS) is 9.32. The van der Waals surface area contributed by atoms with E-state index in [0.29, 0.717) is 26.1 Å². The molecule has 1 aromatic heterocycles. The molecule has 1 aromatic rings. The van der Waals surface area contributed by atoms with Gasteiger partial charge in [0.1, 0.15) is 0 Å². The Hall–Kier alpha value is -0.820. The Kier molecular flexibility index (Phi) is 14.7. The Morgan fingerprint density at radius 3 is 2.74 bits per heavy atom. The molecule has 2 N–H and O–H groups in total. The first-order valence-electron chi connectivity index (χ1n) is 5.76. The molecule has 19 heavy (non-hydrogen) atoms. The van der Waals surface area contributed by atoms with Gasteiger partial charge < -0.3 is 15.4 Å². The fraction of sp³-hybridized carbons (Fsp3) is 0.636. The molecule has 1 amide bonds. The summed E-state index contributed by atoms with van der Waals surface area (Å²) in [6, 6.07) is 1.84. The van der Waals surface area contributed by atoms with E-state index in [9.17, 15) is 4.79 Å². The van der Waals surface area contributed by atoms with Gasteiger partial charge in [-0.25, -0.2) is 0 Å². The zero-order chi connectivity index (χ0) is 12.3. The van der Waals surface area contributed by atoms with Crippen LogP contribution in [0.15, 0.2) is 18.5 Å². The van der Waals surface area contributed by atoms with Gasteiger partial charge in [0.25, 0.3) is 0 Å². The first-order valence-corrected chi connectivity index (χ1v) is 5.76. The predicted molar refractivity (Wildman–Crippen MR) is 79.1 cm³/mol. The fourth-order valence-corrected chi connectivity index (χ4v) is 1.33. The number of nitrogens with one attached hydrogen (secondary N) is 2. The molecule has 0 radical (unpaired) electrons. The highest BCUT2D eigenvalue weighted by atomic mass is 35.5. The van der Waals surface area contributed by atoms with Crippen molar-refractivity contribution in [2.45, 2.75) is 13.0 Å². The number of hydrogen-bond donors (Lipinski definition) is 2. The number of rotatable bonds is 9. The van der Waals surface area contributed by atoms with E-state index in [1.807, 2.05) is 12.3 Å². The van der Waals surface area contributed by atoms with Crippen LogP contribution in [0, 0.1) is 0 Å². The summed E-state index contributed by atoms with van der Waals surface area (Å²) in [5.41, 5.74) is 0. The van der Waals surface area contributed by atoms with Crippen molar-refractivity contribution >= 4 is 30.7 Å². The molecule has 8 heteroatoms. The highest BCUT2D eigenvalue weighted by Gasteiger charge is 2.00. The molecular weight excluding hydrogens is 291 g/mol. The highest BCUT2D eigenvalue weighted by molar-refractivity contribution is 5.85. The summed E-state index contributed by atoms with van der Waals surface area (Å²) in [4.78, 5) is 11.4. The first-order chi connectivity index (χ1) is 8.33.